The number of aliphatic carboxylic acids is 1. The summed E-state index contributed by atoms with van der Waals surface area (Å²) in [6, 6.07) is -0.482. The van der Waals surface area contributed by atoms with E-state index in [0.29, 0.717) is 25.2 Å². The van der Waals surface area contributed by atoms with E-state index in [1.165, 1.54) is 6.92 Å². The molecule has 6 atom stereocenters. The van der Waals surface area contributed by atoms with Crippen molar-refractivity contribution in [3.63, 3.8) is 0 Å². The number of carboxylic acid groups (broad SMARTS) is 1. The molecule has 8 N–H and O–H groups in total. The predicted octanol–water partition coefficient (Wildman–Crippen LogP) is -0.440. The summed E-state index contributed by atoms with van der Waals surface area (Å²) in [6.45, 7) is 5.16. The SMILES string of the molecule is CC1CC(N)CC(NC(=O)[C@](C)(N)NCO)CC(C(=O)O)CC1C. The highest BCUT2D eigenvalue weighted by molar-refractivity contribution is 5.85. The van der Waals surface area contributed by atoms with Crippen molar-refractivity contribution in [3.8, 4) is 0 Å². The molecule has 0 aromatic rings. The highest BCUT2D eigenvalue weighted by atomic mass is 16.4. The van der Waals surface area contributed by atoms with E-state index in [9.17, 15) is 14.7 Å². The van der Waals surface area contributed by atoms with Gasteiger partial charge in [-0.2, -0.15) is 0 Å². The summed E-state index contributed by atoms with van der Waals surface area (Å²) < 4.78 is 0. The van der Waals surface area contributed by atoms with E-state index in [-0.39, 0.29) is 18.0 Å². The number of nitrogens with one attached hydrogen (secondary N) is 2. The molecule has 24 heavy (non-hydrogen) atoms. The molecule has 140 valence electrons. The minimum atomic E-state index is -1.43. The summed E-state index contributed by atoms with van der Waals surface area (Å²) >= 11 is 0. The topological polar surface area (TPSA) is 151 Å². The standard InChI is InChI=1S/C16H32N4O4/c1-9-4-11(14(22)23)6-13(7-12(17)5-10(9)2)20-15(24)16(3,18)19-8-21/h9-13,19,21H,4-8,17-18H2,1-3H3,(H,20,24)(H,22,23)/t9?,10?,11?,12?,13?,16-/m1/s1. The van der Waals surface area contributed by atoms with Crippen LogP contribution in [-0.4, -0.2) is 46.6 Å². The highest BCUT2D eigenvalue weighted by Crippen LogP contribution is 2.30. The molecule has 1 amide bonds. The average molecular weight is 344 g/mol. The van der Waals surface area contributed by atoms with Crippen LogP contribution < -0.4 is 22.1 Å². The fourth-order valence-electron chi connectivity index (χ4n) is 3.29. The molecule has 1 aliphatic rings. The largest absolute Gasteiger partial charge is 0.481 e. The van der Waals surface area contributed by atoms with Gasteiger partial charge in [-0.25, -0.2) is 0 Å². The second-order valence-corrected chi connectivity index (χ2v) is 7.40. The van der Waals surface area contributed by atoms with Crippen molar-refractivity contribution in [2.24, 2.45) is 29.2 Å². The van der Waals surface area contributed by atoms with Crippen molar-refractivity contribution < 1.29 is 19.8 Å². The van der Waals surface area contributed by atoms with Crippen LogP contribution in [0.15, 0.2) is 0 Å². The zero-order chi connectivity index (χ0) is 18.5. The number of hydrogen-bond acceptors (Lipinski definition) is 6. The predicted molar refractivity (Wildman–Crippen MR) is 90.6 cm³/mol. The first kappa shape index (κ1) is 20.8. The molecule has 1 fully saturated rings. The van der Waals surface area contributed by atoms with E-state index >= 15 is 0 Å². The minimum Gasteiger partial charge on any atom is -0.481 e. The van der Waals surface area contributed by atoms with Crippen LogP contribution in [-0.2, 0) is 9.59 Å². The number of amides is 1. The molecule has 0 heterocycles. The summed E-state index contributed by atoms with van der Waals surface area (Å²) in [4.78, 5) is 23.9. The Kier molecular flexibility index (Phi) is 7.59. The van der Waals surface area contributed by atoms with Gasteiger partial charge in [0.05, 0.1) is 12.6 Å². The first-order valence-electron chi connectivity index (χ1n) is 8.51. The third kappa shape index (κ3) is 6.01. The molecule has 8 nitrogen and oxygen atoms in total. The van der Waals surface area contributed by atoms with Gasteiger partial charge in [0, 0.05) is 12.1 Å². The Morgan fingerprint density at radius 1 is 1.17 bits per heavy atom. The fourth-order valence-corrected chi connectivity index (χ4v) is 3.29. The molecule has 1 rings (SSSR count). The van der Waals surface area contributed by atoms with Gasteiger partial charge in [-0.3, -0.25) is 14.9 Å². The van der Waals surface area contributed by atoms with Crippen LogP contribution in [0.4, 0.5) is 0 Å². The van der Waals surface area contributed by atoms with Crippen molar-refractivity contribution >= 4 is 11.9 Å². The molecule has 0 aromatic carbocycles. The molecule has 1 aliphatic carbocycles. The van der Waals surface area contributed by atoms with Crippen LogP contribution in [0, 0.1) is 17.8 Å². The van der Waals surface area contributed by atoms with Crippen molar-refractivity contribution in [2.75, 3.05) is 6.73 Å². The molecular formula is C16H32N4O4. The van der Waals surface area contributed by atoms with Gasteiger partial charge in [-0.1, -0.05) is 13.8 Å². The number of aliphatic hydroxyl groups is 1. The smallest absolute Gasteiger partial charge is 0.306 e. The van der Waals surface area contributed by atoms with Crippen molar-refractivity contribution in [2.45, 2.75) is 64.2 Å². The second kappa shape index (κ2) is 8.75. The average Bonchev–Trinajstić information content (AvgIpc) is 2.49. The van der Waals surface area contributed by atoms with Gasteiger partial charge in [-0.05, 0) is 44.4 Å². The van der Waals surface area contributed by atoms with E-state index in [1.54, 1.807) is 0 Å². The summed E-state index contributed by atoms with van der Waals surface area (Å²) in [5.41, 5.74) is 10.6. The molecule has 8 heteroatoms. The molecule has 0 saturated heterocycles. The van der Waals surface area contributed by atoms with Crippen LogP contribution in [0.5, 0.6) is 0 Å². The second-order valence-electron chi connectivity index (χ2n) is 7.40. The van der Waals surface area contributed by atoms with Gasteiger partial charge in [0.15, 0.2) is 0 Å². The Morgan fingerprint density at radius 2 is 1.75 bits per heavy atom. The molecule has 5 unspecified atom stereocenters. The maximum absolute atomic E-state index is 12.3. The van der Waals surface area contributed by atoms with Crippen molar-refractivity contribution in [1.82, 2.24) is 10.6 Å². The monoisotopic (exact) mass is 344 g/mol. The number of carbonyl (C=O) groups is 2. The number of carbonyl (C=O) groups excluding carboxylic acids is 1. The van der Waals surface area contributed by atoms with Crippen LogP contribution in [0.2, 0.25) is 0 Å². The number of hydrogen-bond donors (Lipinski definition) is 6. The zero-order valence-electron chi connectivity index (χ0n) is 14.8. The van der Waals surface area contributed by atoms with Crippen molar-refractivity contribution in [1.29, 1.82) is 0 Å². The number of aliphatic hydroxyl groups excluding tert-OH is 1. The quantitative estimate of drug-likeness (QED) is 0.370. The summed E-state index contributed by atoms with van der Waals surface area (Å²) in [7, 11) is 0. The number of nitrogens with two attached hydrogens (primary N) is 2. The summed E-state index contributed by atoms with van der Waals surface area (Å²) in [5, 5.41) is 23.7. The summed E-state index contributed by atoms with van der Waals surface area (Å²) in [5.74, 6) is -1.30. The van der Waals surface area contributed by atoms with Crippen molar-refractivity contribution in [3.05, 3.63) is 0 Å². The molecule has 0 spiro atoms. The third-order valence-electron chi connectivity index (χ3n) is 5.06. The van der Waals surface area contributed by atoms with E-state index in [1.807, 2.05) is 6.92 Å². The Morgan fingerprint density at radius 3 is 2.29 bits per heavy atom. The Balaban J connectivity index is 2.89. The van der Waals surface area contributed by atoms with Crippen LogP contribution in [0.3, 0.4) is 0 Å². The minimum absolute atomic E-state index is 0.116. The molecule has 0 aromatic heterocycles. The van der Waals surface area contributed by atoms with E-state index in [2.05, 4.69) is 17.6 Å². The molecular weight excluding hydrogens is 312 g/mol. The molecule has 0 aliphatic heterocycles. The van der Waals surface area contributed by atoms with Gasteiger partial charge in [0.2, 0.25) is 0 Å². The Labute approximate surface area is 143 Å². The first-order valence-corrected chi connectivity index (χ1v) is 8.51. The number of rotatable bonds is 5. The normalized spacial score (nSPS) is 34.3. The first-order chi connectivity index (χ1) is 11.1. The van der Waals surface area contributed by atoms with Gasteiger partial charge >= 0.3 is 5.97 Å². The van der Waals surface area contributed by atoms with E-state index in [4.69, 9.17) is 16.6 Å². The maximum Gasteiger partial charge on any atom is 0.306 e. The van der Waals surface area contributed by atoms with Gasteiger partial charge in [0.1, 0.15) is 5.66 Å². The Bertz CT molecular complexity index is 444. The third-order valence-corrected chi connectivity index (χ3v) is 5.06. The lowest BCUT2D eigenvalue weighted by Gasteiger charge is -2.29. The molecule has 1 saturated carbocycles. The lowest BCUT2D eigenvalue weighted by Crippen LogP contribution is -2.63. The zero-order valence-corrected chi connectivity index (χ0v) is 14.8. The lowest BCUT2D eigenvalue weighted by molar-refractivity contribution is -0.143. The lowest BCUT2D eigenvalue weighted by atomic mass is 9.84. The van der Waals surface area contributed by atoms with E-state index < -0.39 is 30.2 Å². The Hall–Kier alpha value is -1.22. The van der Waals surface area contributed by atoms with Gasteiger partial charge < -0.3 is 27.0 Å². The van der Waals surface area contributed by atoms with E-state index in [0.717, 1.165) is 6.42 Å². The van der Waals surface area contributed by atoms with Crippen LogP contribution in [0.1, 0.15) is 46.5 Å². The summed E-state index contributed by atoms with van der Waals surface area (Å²) in [6.07, 6.45) is 2.17. The fraction of sp³-hybridized carbons (Fsp3) is 0.875. The highest BCUT2D eigenvalue weighted by Gasteiger charge is 2.34. The number of carboxylic acids is 1. The van der Waals surface area contributed by atoms with Gasteiger partial charge in [0.25, 0.3) is 5.91 Å². The van der Waals surface area contributed by atoms with Gasteiger partial charge in [-0.15, -0.1) is 0 Å². The maximum atomic E-state index is 12.3. The molecule has 0 radical (unpaired) electrons. The molecule has 0 bridgehead atoms. The van der Waals surface area contributed by atoms with Crippen LogP contribution >= 0.6 is 0 Å². The van der Waals surface area contributed by atoms with Crippen LogP contribution in [0.25, 0.3) is 0 Å².